The summed E-state index contributed by atoms with van der Waals surface area (Å²) >= 11 is 0. The van der Waals surface area contributed by atoms with E-state index < -0.39 is 16.7 Å². The topological polar surface area (TPSA) is 85.0 Å². The molecule has 3 aliphatic heterocycles. The lowest BCUT2D eigenvalue weighted by molar-refractivity contribution is -0.0997. The van der Waals surface area contributed by atoms with Gasteiger partial charge in [0.15, 0.2) is 0 Å². The average Bonchev–Trinajstić information content (AvgIpc) is 2.98. The van der Waals surface area contributed by atoms with Crippen molar-refractivity contribution in [2.24, 2.45) is 5.73 Å². The van der Waals surface area contributed by atoms with Crippen molar-refractivity contribution in [3.05, 3.63) is 0 Å². The van der Waals surface area contributed by atoms with Gasteiger partial charge in [-0.25, -0.2) is 4.79 Å². The molecule has 6 heteroatoms. The van der Waals surface area contributed by atoms with Crippen LogP contribution in [0.15, 0.2) is 0 Å². The van der Waals surface area contributed by atoms with Crippen LogP contribution in [0.3, 0.4) is 0 Å². The SMILES string of the molecule is CC(C)(C)OC(=O)N1CCC(O)(C2(N)CC3CCC2O3)CC1. The third-order valence-corrected chi connectivity index (χ3v) is 5.36. The number of carbonyl (C=O) groups is 1. The molecule has 3 heterocycles. The molecule has 3 saturated heterocycles. The fourth-order valence-corrected chi connectivity index (χ4v) is 4.08. The van der Waals surface area contributed by atoms with Crippen LogP contribution in [0.4, 0.5) is 4.79 Å². The summed E-state index contributed by atoms with van der Waals surface area (Å²) in [5, 5.41) is 11.1. The van der Waals surface area contributed by atoms with Gasteiger partial charge in [-0.2, -0.15) is 0 Å². The number of aliphatic hydroxyl groups is 1. The highest BCUT2D eigenvalue weighted by Crippen LogP contribution is 2.48. The van der Waals surface area contributed by atoms with Crippen LogP contribution in [0.25, 0.3) is 0 Å². The first-order valence-corrected chi connectivity index (χ1v) is 8.28. The largest absolute Gasteiger partial charge is 0.444 e. The molecule has 0 aromatic carbocycles. The second-order valence-corrected chi connectivity index (χ2v) is 8.07. The highest BCUT2D eigenvalue weighted by atomic mass is 16.6. The van der Waals surface area contributed by atoms with E-state index in [-0.39, 0.29) is 18.3 Å². The third-order valence-electron chi connectivity index (χ3n) is 5.36. The lowest BCUT2D eigenvalue weighted by Crippen LogP contribution is -2.68. The van der Waals surface area contributed by atoms with E-state index in [1.165, 1.54) is 0 Å². The van der Waals surface area contributed by atoms with Crippen molar-refractivity contribution in [1.82, 2.24) is 4.90 Å². The maximum Gasteiger partial charge on any atom is 0.410 e. The summed E-state index contributed by atoms with van der Waals surface area (Å²) < 4.78 is 11.3. The number of nitrogens with zero attached hydrogens (tertiary/aromatic N) is 1. The summed E-state index contributed by atoms with van der Waals surface area (Å²) in [5.41, 5.74) is 4.44. The van der Waals surface area contributed by atoms with Gasteiger partial charge in [-0.3, -0.25) is 0 Å². The Balaban J connectivity index is 1.62. The standard InChI is InChI=1S/C16H28N2O4/c1-14(2,3)22-13(19)18-8-6-15(20,7-9-18)16(17)10-11-4-5-12(16)21-11/h11-12,20H,4-10,17H2,1-3H3. The molecule has 3 atom stereocenters. The van der Waals surface area contributed by atoms with Crippen molar-refractivity contribution in [2.75, 3.05) is 13.1 Å². The number of ether oxygens (including phenoxy) is 2. The molecule has 0 aliphatic carbocycles. The smallest absolute Gasteiger partial charge is 0.410 e. The zero-order chi connectivity index (χ0) is 16.2. The van der Waals surface area contributed by atoms with Gasteiger partial charge in [0, 0.05) is 13.1 Å². The molecule has 0 spiro atoms. The number of hydrogen-bond donors (Lipinski definition) is 2. The summed E-state index contributed by atoms with van der Waals surface area (Å²) in [6, 6.07) is 0. The van der Waals surface area contributed by atoms with Gasteiger partial charge in [0.05, 0.1) is 23.3 Å². The minimum atomic E-state index is -0.953. The summed E-state index contributed by atoms with van der Waals surface area (Å²) in [5.74, 6) is 0. The zero-order valence-electron chi connectivity index (χ0n) is 13.8. The predicted molar refractivity (Wildman–Crippen MR) is 81.4 cm³/mol. The molecule has 0 aromatic rings. The molecule has 0 radical (unpaired) electrons. The van der Waals surface area contributed by atoms with Gasteiger partial charge in [-0.1, -0.05) is 0 Å². The van der Waals surface area contributed by atoms with E-state index >= 15 is 0 Å². The Kier molecular flexibility index (Phi) is 3.70. The molecule has 0 aromatic heterocycles. The number of piperidine rings is 1. The van der Waals surface area contributed by atoms with Crippen LogP contribution in [0.5, 0.6) is 0 Å². The molecule has 3 unspecified atom stereocenters. The zero-order valence-corrected chi connectivity index (χ0v) is 13.8. The van der Waals surface area contributed by atoms with Crippen LogP contribution in [0.1, 0.15) is 52.9 Å². The normalized spacial score (nSPS) is 37.4. The van der Waals surface area contributed by atoms with Gasteiger partial charge < -0.3 is 25.2 Å². The third kappa shape index (κ3) is 2.61. The van der Waals surface area contributed by atoms with E-state index in [0.29, 0.717) is 25.9 Å². The molecule has 1 amide bonds. The number of likely N-dealkylation sites (tertiary alicyclic amines) is 1. The Morgan fingerprint density at radius 2 is 1.95 bits per heavy atom. The van der Waals surface area contributed by atoms with Crippen molar-refractivity contribution in [3.63, 3.8) is 0 Å². The molecule has 3 rings (SSSR count). The fraction of sp³-hybridized carbons (Fsp3) is 0.938. The number of amides is 1. The van der Waals surface area contributed by atoms with Crippen LogP contribution >= 0.6 is 0 Å². The molecular formula is C16H28N2O4. The number of carbonyl (C=O) groups excluding carboxylic acids is 1. The molecule has 22 heavy (non-hydrogen) atoms. The van der Waals surface area contributed by atoms with Gasteiger partial charge in [0.1, 0.15) is 5.60 Å². The summed E-state index contributed by atoms with van der Waals surface area (Å²) in [6.45, 7) is 6.51. The van der Waals surface area contributed by atoms with Gasteiger partial charge in [-0.05, 0) is 52.9 Å². The van der Waals surface area contributed by atoms with E-state index in [1.807, 2.05) is 20.8 Å². The molecule has 0 saturated carbocycles. The second-order valence-electron chi connectivity index (χ2n) is 8.07. The number of hydrogen-bond acceptors (Lipinski definition) is 5. The fourth-order valence-electron chi connectivity index (χ4n) is 4.08. The molecule has 3 N–H and O–H groups in total. The van der Waals surface area contributed by atoms with Gasteiger partial charge >= 0.3 is 6.09 Å². The van der Waals surface area contributed by atoms with Crippen molar-refractivity contribution < 1.29 is 19.4 Å². The Labute approximate surface area is 131 Å². The molecule has 2 bridgehead atoms. The van der Waals surface area contributed by atoms with E-state index in [4.69, 9.17) is 15.2 Å². The van der Waals surface area contributed by atoms with Crippen molar-refractivity contribution in [1.29, 1.82) is 0 Å². The van der Waals surface area contributed by atoms with Crippen LogP contribution < -0.4 is 5.73 Å². The Hall–Kier alpha value is -0.850. The summed E-state index contributed by atoms with van der Waals surface area (Å²) in [7, 11) is 0. The first kappa shape index (κ1) is 16.0. The predicted octanol–water partition coefficient (Wildman–Crippen LogP) is 1.40. The van der Waals surface area contributed by atoms with Gasteiger partial charge in [0.2, 0.25) is 0 Å². The quantitative estimate of drug-likeness (QED) is 0.764. The highest BCUT2D eigenvalue weighted by Gasteiger charge is 2.61. The monoisotopic (exact) mass is 312 g/mol. The maximum absolute atomic E-state index is 12.1. The molecule has 6 nitrogen and oxygen atoms in total. The summed E-state index contributed by atoms with van der Waals surface area (Å²) in [4.78, 5) is 13.8. The lowest BCUT2D eigenvalue weighted by Gasteiger charge is -2.49. The highest BCUT2D eigenvalue weighted by molar-refractivity contribution is 5.68. The number of fused-ring (bicyclic) bond motifs is 2. The van der Waals surface area contributed by atoms with E-state index in [0.717, 1.165) is 19.3 Å². The number of nitrogens with two attached hydrogens (primary N) is 1. The Morgan fingerprint density at radius 1 is 1.32 bits per heavy atom. The minimum absolute atomic E-state index is 0.0458. The van der Waals surface area contributed by atoms with Crippen LogP contribution in [-0.4, -0.2) is 58.1 Å². The van der Waals surface area contributed by atoms with Crippen molar-refractivity contribution in [3.8, 4) is 0 Å². The van der Waals surface area contributed by atoms with E-state index in [1.54, 1.807) is 4.90 Å². The molecule has 3 fully saturated rings. The Bertz CT molecular complexity index is 454. The molecule has 126 valence electrons. The van der Waals surface area contributed by atoms with Crippen LogP contribution in [-0.2, 0) is 9.47 Å². The summed E-state index contributed by atoms with van der Waals surface area (Å²) in [6.07, 6.45) is 3.50. The number of rotatable bonds is 1. The Morgan fingerprint density at radius 3 is 2.41 bits per heavy atom. The lowest BCUT2D eigenvalue weighted by atomic mass is 9.66. The van der Waals surface area contributed by atoms with Crippen LogP contribution in [0.2, 0.25) is 0 Å². The minimum Gasteiger partial charge on any atom is -0.444 e. The van der Waals surface area contributed by atoms with Crippen molar-refractivity contribution in [2.45, 2.75) is 81.8 Å². The van der Waals surface area contributed by atoms with E-state index in [9.17, 15) is 9.90 Å². The first-order valence-electron chi connectivity index (χ1n) is 8.28. The van der Waals surface area contributed by atoms with Gasteiger partial charge in [0.25, 0.3) is 0 Å². The maximum atomic E-state index is 12.1. The van der Waals surface area contributed by atoms with Crippen molar-refractivity contribution >= 4 is 6.09 Å². The van der Waals surface area contributed by atoms with Gasteiger partial charge in [-0.15, -0.1) is 0 Å². The van der Waals surface area contributed by atoms with Crippen LogP contribution in [0, 0.1) is 0 Å². The molecular weight excluding hydrogens is 284 g/mol. The first-order chi connectivity index (χ1) is 10.1. The van der Waals surface area contributed by atoms with E-state index in [2.05, 4.69) is 0 Å². The molecule has 3 aliphatic rings. The second kappa shape index (κ2) is 5.08. The average molecular weight is 312 g/mol.